The van der Waals surface area contributed by atoms with Gasteiger partial charge in [0.1, 0.15) is 5.75 Å². The van der Waals surface area contributed by atoms with Gasteiger partial charge in [-0.25, -0.2) is 0 Å². The minimum Gasteiger partial charge on any atom is -0.507 e. The van der Waals surface area contributed by atoms with Gasteiger partial charge >= 0.3 is 0 Å². The summed E-state index contributed by atoms with van der Waals surface area (Å²) in [6.07, 6.45) is 1.71. The van der Waals surface area contributed by atoms with E-state index in [9.17, 15) is 9.90 Å². The highest BCUT2D eigenvalue weighted by Gasteiger charge is 2.10. The first kappa shape index (κ1) is 13.4. The molecule has 100 valence electrons. The first-order chi connectivity index (χ1) is 9.58. The molecule has 0 aliphatic carbocycles. The van der Waals surface area contributed by atoms with Crippen LogP contribution in [-0.4, -0.2) is 9.67 Å². The summed E-state index contributed by atoms with van der Waals surface area (Å²) >= 11 is 6.76. The number of phenolic OH excluding ortho intramolecular Hbond substituents is 1. The molecule has 0 saturated heterocycles. The lowest BCUT2D eigenvalue weighted by atomic mass is 10.2. The molecule has 0 unspecified atom stereocenters. The third-order valence-electron chi connectivity index (χ3n) is 3.08. The van der Waals surface area contributed by atoms with E-state index in [2.05, 4.69) is 31.9 Å². The molecule has 3 nitrogen and oxygen atoms in total. The molecule has 0 amide bonds. The SMILES string of the molecule is O=c1ccn(-c2cc(O)c(Br)cc2Br)c2ccccc12. The predicted octanol–water partition coefficient (Wildman–Crippen LogP) is 4.22. The zero-order valence-electron chi connectivity index (χ0n) is 10.2. The quantitative estimate of drug-likeness (QED) is 0.671. The van der Waals surface area contributed by atoms with Crippen LogP contribution in [0.15, 0.2) is 62.4 Å². The maximum atomic E-state index is 11.9. The van der Waals surface area contributed by atoms with Gasteiger partial charge < -0.3 is 9.67 Å². The third kappa shape index (κ3) is 2.17. The second kappa shape index (κ2) is 5.07. The second-order valence-electron chi connectivity index (χ2n) is 4.32. The maximum Gasteiger partial charge on any atom is 0.189 e. The lowest BCUT2D eigenvalue weighted by molar-refractivity contribution is 0.471. The number of aromatic nitrogens is 1. The van der Waals surface area contributed by atoms with E-state index in [-0.39, 0.29) is 11.2 Å². The minimum atomic E-state index is -0.0192. The summed E-state index contributed by atoms with van der Waals surface area (Å²) in [6.45, 7) is 0. The van der Waals surface area contributed by atoms with Gasteiger partial charge in [0.25, 0.3) is 0 Å². The van der Waals surface area contributed by atoms with Crippen LogP contribution in [-0.2, 0) is 0 Å². The van der Waals surface area contributed by atoms with Crippen molar-refractivity contribution < 1.29 is 5.11 Å². The van der Waals surface area contributed by atoms with Gasteiger partial charge in [0.05, 0.1) is 15.7 Å². The number of aromatic hydroxyl groups is 1. The average molecular weight is 395 g/mol. The number of hydrogen-bond acceptors (Lipinski definition) is 2. The van der Waals surface area contributed by atoms with Crippen molar-refractivity contribution in [2.75, 3.05) is 0 Å². The summed E-state index contributed by atoms with van der Waals surface area (Å²) in [4.78, 5) is 11.9. The number of fused-ring (bicyclic) bond motifs is 1. The van der Waals surface area contributed by atoms with Crippen molar-refractivity contribution in [3.05, 3.63) is 67.8 Å². The van der Waals surface area contributed by atoms with Crippen molar-refractivity contribution in [2.45, 2.75) is 0 Å². The smallest absolute Gasteiger partial charge is 0.189 e. The molecule has 0 radical (unpaired) electrons. The summed E-state index contributed by atoms with van der Waals surface area (Å²) < 4.78 is 3.29. The van der Waals surface area contributed by atoms with Gasteiger partial charge in [0.2, 0.25) is 0 Å². The molecule has 0 atom stereocenters. The van der Waals surface area contributed by atoms with Crippen LogP contribution in [0.3, 0.4) is 0 Å². The van der Waals surface area contributed by atoms with Gasteiger partial charge in [-0.15, -0.1) is 0 Å². The van der Waals surface area contributed by atoms with Gasteiger partial charge in [-0.3, -0.25) is 4.79 Å². The minimum absolute atomic E-state index is 0.0192. The molecular formula is C15H9Br2NO2. The van der Waals surface area contributed by atoms with E-state index in [1.54, 1.807) is 24.4 Å². The molecule has 0 saturated carbocycles. The molecule has 0 bridgehead atoms. The highest BCUT2D eigenvalue weighted by molar-refractivity contribution is 9.11. The number of para-hydroxylation sites is 1. The zero-order chi connectivity index (χ0) is 14.3. The Labute approximate surface area is 131 Å². The normalized spacial score (nSPS) is 10.9. The van der Waals surface area contributed by atoms with Gasteiger partial charge in [0.15, 0.2) is 5.43 Å². The first-order valence-corrected chi connectivity index (χ1v) is 7.45. The molecule has 3 rings (SSSR count). The summed E-state index contributed by atoms with van der Waals surface area (Å²) in [7, 11) is 0. The fraction of sp³-hybridized carbons (Fsp3) is 0. The highest BCUT2D eigenvalue weighted by Crippen LogP contribution is 2.33. The van der Waals surface area contributed by atoms with Crippen LogP contribution in [0, 0.1) is 0 Å². The van der Waals surface area contributed by atoms with Crippen LogP contribution < -0.4 is 5.43 Å². The van der Waals surface area contributed by atoms with Gasteiger partial charge in [-0.05, 0) is 50.1 Å². The predicted molar refractivity (Wildman–Crippen MR) is 86.6 cm³/mol. The fourth-order valence-electron chi connectivity index (χ4n) is 2.13. The number of benzene rings is 2. The van der Waals surface area contributed by atoms with Gasteiger partial charge in [-0.1, -0.05) is 12.1 Å². The Balaban J connectivity index is 2.39. The van der Waals surface area contributed by atoms with E-state index in [0.717, 1.165) is 15.7 Å². The van der Waals surface area contributed by atoms with E-state index in [1.165, 1.54) is 6.07 Å². The van der Waals surface area contributed by atoms with Crippen LogP contribution in [0.2, 0.25) is 0 Å². The van der Waals surface area contributed by atoms with Crippen molar-refractivity contribution in [1.82, 2.24) is 4.57 Å². The largest absolute Gasteiger partial charge is 0.507 e. The van der Waals surface area contributed by atoms with Crippen molar-refractivity contribution in [3.8, 4) is 11.4 Å². The monoisotopic (exact) mass is 393 g/mol. The Morgan fingerprint density at radius 3 is 2.55 bits per heavy atom. The maximum absolute atomic E-state index is 11.9. The molecule has 0 spiro atoms. The molecule has 1 N–H and O–H groups in total. The van der Waals surface area contributed by atoms with E-state index in [4.69, 9.17) is 0 Å². The number of rotatable bonds is 1. The Morgan fingerprint density at radius 2 is 1.75 bits per heavy atom. The van der Waals surface area contributed by atoms with Crippen LogP contribution in [0.25, 0.3) is 16.6 Å². The molecular weight excluding hydrogens is 386 g/mol. The molecule has 5 heteroatoms. The summed E-state index contributed by atoms with van der Waals surface area (Å²) in [6, 6.07) is 12.3. The molecule has 0 aliphatic rings. The zero-order valence-corrected chi connectivity index (χ0v) is 13.3. The van der Waals surface area contributed by atoms with Crippen LogP contribution in [0.4, 0.5) is 0 Å². The average Bonchev–Trinajstić information content (AvgIpc) is 2.44. The summed E-state index contributed by atoms with van der Waals surface area (Å²) in [5, 5.41) is 10.5. The Kier molecular flexibility index (Phi) is 3.40. The van der Waals surface area contributed by atoms with Crippen LogP contribution in [0.5, 0.6) is 5.75 Å². The molecule has 2 aromatic carbocycles. The fourth-order valence-corrected chi connectivity index (χ4v) is 3.31. The van der Waals surface area contributed by atoms with Gasteiger partial charge in [-0.2, -0.15) is 0 Å². The lowest BCUT2D eigenvalue weighted by Crippen LogP contribution is -2.06. The number of hydrogen-bond donors (Lipinski definition) is 1. The number of nitrogens with zero attached hydrogens (tertiary/aromatic N) is 1. The molecule has 3 aromatic rings. The highest BCUT2D eigenvalue weighted by atomic mass is 79.9. The van der Waals surface area contributed by atoms with E-state index in [1.807, 2.05) is 22.8 Å². The Morgan fingerprint density at radius 1 is 1.00 bits per heavy atom. The first-order valence-electron chi connectivity index (χ1n) is 5.87. The van der Waals surface area contributed by atoms with Crippen molar-refractivity contribution in [2.24, 2.45) is 0 Å². The summed E-state index contributed by atoms with van der Waals surface area (Å²) in [5.41, 5.74) is 1.54. The third-order valence-corrected chi connectivity index (χ3v) is 4.35. The molecule has 0 aliphatic heterocycles. The number of pyridine rings is 1. The van der Waals surface area contributed by atoms with E-state index < -0.39 is 0 Å². The second-order valence-corrected chi connectivity index (χ2v) is 6.03. The Hall–Kier alpha value is -1.59. The standard InChI is InChI=1S/C15H9Br2NO2/c16-10-7-11(17)15(20)8-13(10)18-6-5-14(19)9-3-1-2-4-12(9)18/h1-8,20H. The van der Waals surface area contributed by atoms with Crippen molar-refractivity contribution >= 4 is 42.8 Å². The number of halogens is 2. The topological polar surface area (TPSA) is 42.2 Å². The lowest BCUT2D eigenvalue weighted by Gasteiger charge is -2.13. The van der Waals surface area contributed by atoms with E-state index in [0.29, 0.717) is 9.86 Å². The summed E-state index contributed by atoms with van der Waals surface area (Å²) in [5.74, 6) is 0.144. The molecule has 1 heterocycles. The number of phenols is 1. The molecule has 0 fully saturated rings. The Bertz CT molecular complexity index is 871. The molecule has 1 aromatic heterocycles. The van der Waals surface area contributed by atoms with E-state index >= 15 is 0 Å². The van der Waals surface area contributed by atoms with Crippen LogP contribution in [0.1, 0.15) is 0 Å². The van der Waals surface area contributed by atoms with Crippen LogP contribution >= 0.6 is 31.9 Å². The van der Waals surface area contributed by atoms with Crippen molar-refractivity contribution in [3.63, 3.8) is 0 Å². The molecule has 20 heavy (non-hydrogen) atoms. The van der Waals surface area contributed by atoms with Gasteiger partial charge in [0, 0.05) is 28.2 Å². The van der Waals surface area contributed by atoms with Crippen molar-refractivity contribution in [1.29, 1.82) is 0 Å².